The average molecular weight is 660 g/mol. The lowest BCUT2D eigenvalue weighted by molar-refractivity contribution is -0.0749. The van der Waals surface area contributed by atoms with Crippen LogP contribution in [-0.4, -0.2) is 44.2 Å². The molecule has 1 saturated carbocycles. The molecular weight excluding hydrogens is 629 g/mol. The highest BCUT2D eigenvalue weighted by molar-refractivity contribution is 8.07. The van der Waals surface area contributed by atoms with Crippen molar-refractivity contribution in [3.8, 4) is 6.07 Å². The quantitative estimate of drug-likeness (QED) is 0.0628. The first-order valence-electron chi connectivity index (χ1n) is 14.6. The van der Waals surface area contributed by atoms with Gasteiger partial charge in [-0.2, -0.15) is 5.26 Å². The molecule has 12 heteroatoms. The minimum absolute atomic E-state index is 0.0132. The topological polar surface area (TPSA) is 115 Å². The second kappa shape index (κ2) is 13.9. The molecule has 0 amide bonds. The van der Waals surface area contributed by atoms with E-state index in [1.165, 1.54) is 6.33 Å². The van der Waals surface area contributed by atoms with E-state index in [0.717, 1.165) is 16.7 Å². The van der Waals surface area contributed by atoms with Crippen LogP contribution in [0.4, 0.5) is 0 Å². The van der Waals surface area contributed by atoms with Gasteiger partial charge in [0, 0.05) is 12.0 Å². The summed E-state index contributed by atoms with van der Waals surface area (Å²) in [5.74, 6) is -0.111. The Labute approximate surface area is 271 Å². The average Bonchev–Trinajstić information content (AvgIpc) is 3.49. The largest absolute Gasteiger partial charge is 0.360 e. The molecule has 5 aromatic rings. The summed E-state index contributed by atoms with van der Waals surface area (Å²) in [6.07, 6.45) is 3.98. The Morgan fingerprint density at radius 2 is 1.51 bits per heavy atom. The van der Waals surface area contributed by atoms with Gasteiger partial charge in [-0.1, -0.05) is 103 Å². The number of benzene rings is 3. The van der Waals surface area contributed by atoms with Crippen molar-refractivity contribution in [3.63, 3.8) is 0 Å². The highest BCUT2D eigenvalue weighted by Crippen LogP contribution is 2.51. The molecule has 1 N–H and O–H groups in total. The number of hydrogen-bond acceptors (Lipinski definition) is 8. The Morgan fingerprint density at radius 1 is 0.911 bits per heavy atom. The number of ether oxygens (including phenoxy) is 1. The molecule has 45 heavy (non-hydrogen) atoms. The minimum atomic E-state index is -3.52. The molecule has 1 aliphatic rings. The van der Waals surface area contributed by atoms with E-state index >= 15 is 0 Å². The van der Waals surface area contributed by atoms with Crippen LogP contribution in [0.5, 0.6) is 0 Å². The maximum Gasteiger partial charge on any atom is 0.324 e. The summed E-state index contributed by atoms with van der Waals surface area (Å²) in [4.78, 5) is 23.7. The molecule has 1 fully saturated rings. The van der Waals surface area contributed by atoms with Crippen molar-refractivity contribution < 1.29 is 18.7 Å². The van der Waals surface area contributed by atoms with E-state index in [1.54, 1.807) is 6.33 Å². The summed E-state index contributed by atoms with van der Waals surface area (Å²) in [5.41, 5.74) is 3.24. The van der Waals surface area contributed by atoms with Crippen LogP contribution in [0.25, 0.3) is 11.2 Å². The molecule has 9 nitrogen and oxygen atoms in total. The molecule has 230 valence electrons. The number of fused-ring (bicyclic) bond motifs is 1. The highest BCUT2D eigenvalue weighted by atomic mass is 35.5. The summed E-state index contributed by atoms with van der Waals surface area (Å²) in [7, 11) is 0. The van der Waals surface area contributed by atoms with Crippen molar-refractivity contribution >= 4 is 41.3 Å². The first kappa shape index (κ1) is 31.5. The lowest BCUT2D eigenvalue weighted by Gasteiger charge is -2.47. The molecule has 0 aliphatic heterocycles. The summed E-state index contributed by atoms with van der Waals surface area (Å²) >= 11 is 11.6. The predicted octanol–water partition coefficient (Wildman–Crippen LogP) is 6.83. The first-order valence-corrected chi connectivity index (χ1v) is 17.5. The number of halogens is 1. The molecular formula is C33H31ClN5O4PS. The van der Waals surface area contributed by atoms with Crippen molar-refractivity contribution in [2.45, 2.75) is 24.5 Å². The van der Waals surface area contributed by atoms with Gasteiger partial charge >= 0.3 is 6.72 Å². The fraction of sp³-hybridized carbons (Fsp3) is 0.273. The summed E-state index contributed by atoms with van der Waals surface area (Å²) in [6, 6.07) is 32.5. The predicted molar refractivity (Wildman–Crippen MR) is 175 cm³/mol. The van der Waals surface area contributed by atoms with Crippen LogP contribution in [0.1, 0.15) is 35.6 Å². The number of rotatable bonds is 13. The molecule has 0 saturated heterocycles. The van der Waals surface area contributed by atoms with E-state index in [4.69, 9.17) is 42.5 Å². The maximum atomic E-state index is 10.6. The van der Waals surface area contributed by atoms with E-state index in [0.29, 0.717) is 24.2 Å². The third-order valence-electron chi connectivity index (χ3n) is 8.27. The van der Waals surface area contributed by atoms with Crippen LogP contribution in [0.15, 0.2) is 104 Å². The summed E-state index contributed by atoms with van der Waals surface area (Å²) < 4.78 is 20.3. The van der Waals surface area contributed by atoms with Gasteiger partial charge in [0.1, 0.15) is 17.4 Å². The summed E-state index contributed by atoms with van der Waals surface area (Å²) in [5, 5.41) is 9.12. The number of nitrogens with zero attached hydrogens (tertiary/aromatic N) is 5. The molecule has 1 unspecified atom stereocenters. The minimum Gasteiger partial charge on any atom is -0.360 e. The fourth-order valence-corrected chi connectivity index (χ4v) is 7.39. The Hall–Kier alpha value is -3.52. The molecule has 0 bridgehead atoms. The molecule has 3 aromatic carbocycles. The zero-order valence-electron chi connectivity index (χ0n) is 24.2. The van der Waals surface area contributed by atoms with Crippen molar-refractivity contribution in [2.75, 3.05) is 19.8 Å². The van der Waals surface area contributed by atoms with E-state index < -0.39 is 12.3 Å². The van der Waals surface area contributed by atoms with Crippen LogP contribution >= 0.6 is 18.3 Å². The molecule has 0 radical (unpaired) electrons. The number of imidazole rings is 1. The number of nitriles is 1. The van der Waals surface area contributed by atoms with Gasteiger partial charge in [-0.05, 0) is 40.8 Å². The molecule has 4 atom stereocenters. The summed E-state index contributed by atoms with van der Waals surface area (Å²) in [6.45, 7) is -3.00. The smallest absolute Gasteiger partial charge is 0.324 e. The van der Waals surface area contributed by atoms with Gasteiger partial charge in [0.15, 0.2) is 10.8 Å². The van der Waals surface area contributed by atoms with Crippen LogP contribution < -0.4 is 0 Å². The van der Waals surface area contributed by atoms with Crippen molar-refractivity contribution in [2.24, 2.45) is 11.8 Å². The van der Waals surface area contributed by atoms with Crippen LogP contribution in [-0.2, 0) is 31.2 Å². The Bertz CT molecular complexity index is 1730. The Balaban J connectivity index is 1.36. The van der Waals surface area contributed by atoms with Crippen molar-refractivity contribution in [1.29, 1.82) is 5.26 Å². The van der Waals surface area contributed by atoms with E-state index in [2.05, 4.69) is 51.4 Å². The normalized spacial score (nSPS) is 19.4. The van der Waals surface area contributed by atoms with Crippen molar-refractivity contribution in [1.82, 2.24) is 19.5 Å². The van der Waals surface area contributed by atoms with Crippen LogP contribution in [0, 0.1) is 23.2 Å². The van der Waals surface area contributed by atoms with Crippen LogP contribution in [0.3, 0.4) is 0 Å². The van der Waals surface area contributed by atoms with Gasteiger partial charge in [-0.15, -0.1) is 0 Å². The molecule has 2 heterocycles. The van der Waals surface area contributed by atoms with Gasteiger partial charge in [-0.3, -0.25) is 0 Å². The third-order valence-corrected chi connectivity index (χ3v) is 10.2. The lowest BCUT2D eigenvalue weighted by Crippen LogP contribution is -2.45. The zero-order valence-corrected chi connectivity index (χ0v) is 26.7. The maximum absolute atomic E-state index is 10.6. The Morgan fingerprint density at radius 3 is 2.09 bits per heavy atom. The fourth-order valence-electron chi connectivity index (χ4n) is 6.03. The van der Waals surface area contributed by atoms with Gasteiger partial charge < -0.3 is 23.2 Å². The molecule has 6 rings (SSSR count). The Kier molecular flexibility index (Phi) is 9.69. The third kappa shape index (κ3) is 6.57. The zero-order chi connectivity index (χ0) is 31.3. The molecule has 0 spiro atoms. The second-order valence-electron chi connectivity index (χ2n) is 10.8. The van der Waals surface area contributed by atoms with Crippen molar-refractivity contribution in [3.05, 3.63) is 125 Å². The monoisotopic (exact) mass is 659 g/mol. The molecule has 2 aromatic heterocycles. The van der Waals surface area contributed by atoms with Gasteiger partial charge in [0.05, 0.1) is 38.6 Å². The van der Waals surface area contributed by atoms with E-state index in [1.807, 2.05) is 65.2 Å². The first-order chi connectivity index (χ1) is 21.9. The standard InChI is InChI=1S/C33H31ClN5O4PS/c34-31-30-32(37-22-36-31)39(23-38-30)29-19-24(20-43-44(40,45)42-18-10-17-35)28(29)21-41-33(25-11-4-1-5-12-25,26-13-6-2-7-14-26)27-15-8-3-9-16-27/h1-9,11-16,22-24,28-29H,10,18-21H2,(H,40,45)/t24-,28-,29-,44?/m1/s1. The van der Waals surface area contributed by atoms with E-state index in [9.17, 15) is 4.89 Å². The second-order valence-corrected chi connectivity index (χ2v) is 14.0. The lowest BCUT2D eigenvalue weighted by atomic mass is 9.69. The van der Waals surface area contributed by atoms with Crippen LogP contribution in [0.2, 0.25) is 5.15 Å². The SMILES string of the molecule is N#CCCOP(O)(=S)OC[C@H]1C[C@@H](n2cnc3c(Cl)ncnc32)[C@@H]1COC(c1ccccc1)(c1ccccc1)c1ccccc1. The van der Waals surface area contributed by atoms with Gasteiger partial charge in [0.25, 0.3) is 0 Å². The number of hydrogen-bond donors (Lipinski definition) is 1. The highest BCUT2D eigenvalue weighted by Gasteiger charge is 2.46. The van der Waals surface area contributed by atoms with Gasteiger partial charge in [0.2, 0.25) is 0 Å². The molecule has 1 aliphatic carbocycles. The van der Waals surface area contributed by atoms with Gasteiger partial charge in [-0.25, -0.2) is 15.0 Å². The number of aromatic nitrogens is 4. The van der Waals surface area contributed by atoms with E-state index in [-0.39, 0.29) is 42.7 Å².